The Morgan fingerprint density at radius 3 is 2.09 bits per heavy atom. The lowest BCUT2D eigenvalue weighted by atomic mass is 10.6. The quantitative estimate of drug-likeness (QED) is 0.447. The van der Waals surface area contributed by atoms with E-state index in [1.54, 1.807) is 14.2 Å². The third-order valence-electron chi connectivity index (χ3n) is 1.06. The molecule has 0 saturated heterocycles. The van der Waals surface area contributed by atoms with E-state index in [4.69, 9.17) is 13.9 Å². The summed E-state index contributed by atoms with van der Waals surface area (Å²) in [6.07, 6.45) is -0.221. The number of hydrogen-bond donors (Lipinski definition) is 0. The monoisotopic (exact) mass is 176 g/mol. The molecule has 0 bridgehead atoms. The van der Waals surface area contributed by atoms with Gasteiger partial charge < -0.3 is 13.9 Å². The Hall–Kier alpha value is 0.0969. The Bertz CT molecular complexity index is 83.8. The first kappa shape index (κ1) is 11.1. The summed E-state index contributed by atoms with van der Waals surface area (Å²) in [5.41, 5.74) is 0.587. The van der Waals surface area contributed by atoms with Gasteiger partial charge >= 0.3 is 0 Å². The molecule has 0 aliphatic carbocycles. The van der Waals surface area contributed by atoms with E-state index in [9.17, 15) is 0 Å². The molecule has 0 aliphatic heterocycles. The Labute approximate surface area is 71.0 Å². The van der Waals surface area contributed by atoms with Crippen molar-refractivity contribution in [3.63, 3.8) is 0 Å². The van der Waals surface area contributed by atoms with E-state index in [2.05, 4.69) is 13.8 Å². The van der Waals surface area contributed by atoms with Gasteiger partial charge in [-0.1, -0.05) is 13.8 Å². The molecule has 0 fully saturated rings. The first-order chi connectivity index (χ1) is 5.20. The topological polar surface area (TPSA) is 27.7 Å². The van der Waals surface area contributed by atoms with Gasteiger partial charge in [0.1, 0.15) is 0 Å². The Morgan fingerprint density at radius 2 is 1.73 bits per heavy atom. The fourth-order valence-corrected chi connectivity index (χ4v) is 1.08. The maximum Gasteiger partial charge on any atom is 0.232 e. The summed E-state index contributed by atoms with van der Waals surface area (Å²) in [4.78, 5) is 0. The lowest BCUT2D eigenvalue weighted by Crippen LogP contribution is -2.21. The summed E-state index contributed by atoms with van der Waals surface area (Å²) in [5, 5.41) is 0. The first-order valence-corrected chi connectivity index (χ1v) is 4.62. The van der Waals surface area contributed by atoms with Gasteiger partial charge in [-0.05, 0) is 5.54 Å². The van der Waals surface area contributed by atoms with Crippen molar-refractivity contribution in [3.05, 3.63) is 0 Å². The zero-order chi connectivity index (χ0) is 8.69. The number of hydrogen-bond acceptors (Lipinski definition) is 3. The maximum absolute atomic E-state index is 5.32. The van der Waals surface area contributed by atoms with Gasteiger partial charge in [-0.25, -0.2) is 0 Å². The zero-order valence-corrected chi connectivity index (χ0v) is 8.59. The molecule has 4 heteroatoms. The van der Waals surface area contributed by atoms with Gasteiger partial charge in [-0.15, -0.1) is 0 Å². The molecule has 0 atom stereocenters. The smallest absolute Gasteiger partial charge is 0.232 e. The standard InChI is InChI=1S/C7H16O3Si/c1-6(2)11-10-5-7(8-3)9-4/h6-7H,5H2,1-4H3. The molecule has 0 saturated carbocycles. The Kier molecular flexibility index (Phi) is 6.85. The van der Waals surface area contributed by atoms with Crippen LogP contribution in [0.5, 0.6) is 0 Å². The average molecular weight is 176 g/mol. The van der Waals surface area contributed by atoms with Gasteiger partial charge in [0.05, 0.1) is 6.61 Å². The highest BCUT2D eigenvalue weighted by Gasteiger charge is 2.05. The summed E-state index contributed by atoms with van der Waals surface area (Å²) >= 11 is 0. The fraction of sp³-hybridized carbons (Fsp3) is 1.00. The number of ether oxygens (including phenoxy) is 2. The summed E-state index contributed by atoms with van der Waals surface area (Å²) in [6.45, 7) is 4.75. The van der Waals surface area contributed by atoms with Crippen molar-refractivity contribution in [1.29, 1.82) is 0 Å². The van der Waals surface area contributed by atoms with Crippen LogP contribution in [0.15, 0.2) is 0 Å². The molecule has 66 valence electrons. The molecule has 0 aromatic heterocycles. The van der Waals surface area contributed by atoms with Crippen LogP contribution in [0.4, 0.5) is 0 Å². The normalized spacial score (nSPS) is 11.5. The predicted octanol–water partition coefficient (Wildman–Crippen LogP) is 1.07. The van der Waals surface area contributed by atoms with E-state index in [1.807, 2.05) is 0 Å². The summed E-state index contributed by atoms with van der Waals surface area (Å²) in [7, 11) is 3.74. The van der Waals surface area contributed by atoms with Crippen LogP contribution in [0.2, 0.25) is 5.54 Å². The first-order valence-electron chi connectivity index (χ1n) is 3.63. The molecule has 0 unspecified atom stereocenters. The van der Waals surface area contributed by atoms with Gasteiger partial charge in [-0.2, -0.15) is 0 Å². The van der Waals surface area contributed by atoms with Crippen LogP contribution in [0.3, 0.4) is 0 Å². The molecule has 0 N–H and O–H groups in total. The third-order valence-corrected chi connectivity index (χ3v) is 1.87. The van der Waals surface area contributed by atoms with Crippen molar-refractivity contribution in [1.82, 2.24) is 0 Å². The second-order valence-electron chi connectivity index (χ2n) is 2.48. The second kappa shape index (κ2) is 6.79. The molecule has 11 heavy (non-hydrogen) atoms. The molecule has 0 amide bonds. The third kappa shape index (κ3) is 6.49. The summed E-state index contributed by atoms with van der Waals surface area (Å²) in [5.74, 6) is 0. The van der Waals surface area contributed by atoms with Crippen LogP contribution >= 0.6 is 0 Å². The minimum atomic E-state index is -0.221. The summed E-state index contributed by atoms with van der Waals surface area (Å²) in [6, 6.07) is 0. The van der Waals surface area contributed by atoms with Crippen LogP contribution in [-0.4, -0.2) is 36.9 Å². The largest absolute Gasteiger partial charge is 0.412 e. The van der Waals surface area contributed by atoms with Gasteiger partial charge in [0, 0.05) is 14.2 Å². The highest BCUT2D eigenvalue weighted by molar-refractivity contribution is 6.29. The maximum atomic E-state index is 5.32. The van der Waals surface area contributed by atoms with Crippen LogP contribution in [0.25, 0.3) is 0 Å². The molecule has 0 aliphatic rings. The van der Waals surface area contributed by atoms with Crippen LogP contribution < -0.4 is 0 Å². The van der Waals surface area contributed by atoms with E-state index >= 15 is 0 Å². The van der Waals surface area contributed by atoms with Crippen molar-refractivity contribution < 1.29 is 13.9 Å². The molecule has 0 spiro atoms. The average Bonchev–Trinajstić information content (AvgIpc) is 1.98. The number of rotatable bonds is 6. The molecular formula is C7H16O3Si. The van der Waals surface area contributed by atoms with Gasteiger partial charge in [0.2, 0.25) is 9.76 Å². The zero-order valence-electron chi connectivity index (χ0n) is 7.59. The van der Waals surface area contributed by atoms with Crippen molar-refractivity contribution >= 4 is 9.76 Å². The molecule has 0 aromatic rings. The van der Waals surface area contributed by atoms with Gasteiger partial charge in [0.15, 0.2) is 6.29 Å². The predicted molar refractivity (Wildman–Crippen MR) is 44.6 cm³/mol. The van der Waals surface area contributed by atoms with Gasteiger partial charge in [-0.3, -0.25) is 0 Å². The van der Waals surface area contributed by atoms with Crippen molar-refractivity contribution in [2.24, 2.45) is 0 Å². The number of methoxy groups -OCH3 is 2. The van der Waals surface area contributed by atoms with E-state index in [1.165, 1.54) is 0 Å². The van der Waals surface area contributed by atoms with Crippen LogP contribution in [-0.2, 0) is 13.9 Å². The van der Waals surface area contributed by atoms with Crippen molar-refractivity contribution in [2.45, 2.75) is 25.7 Å². The molecule has 0 heterocycles. The second-order valence-corrected chi connectivity index (χ2v) is 4.16. The molecule has 0 aromatic carbocycles. The fourth-order valence-electron chi connectivity index (χ4n) is 0.515. The lowest BCUT2D eigenvalue weighted by Gasteiger charge is -2.13. The molecule has 3 nitrogen and oxygen atoms in total. The minimum absolute atomic E-state index is 0.221. The van der Waals surface area contributed by atoms with E-state index in [-0.39, 0.29) is 6.29 Å². The highest BCUT2D eigenvalue weighted by Crippen LogP contribution is 1.99. The molecular weight excluding hydrogens is 160 g/mol. The van der Waals surface area contributed by atoms with Crippen molar-refractivity contribution in [2.75, 3.05) is 20.8 Å². The van der Waals surface area contributed by atoms with Crippen molar-refractivity contribution in [3.8, 4) is 0 Å². The Balaban J connectivity index is 3.21. The van der Waals surface area contributed by atoms with E-state index < -0.39 is 0 Å². The SMILES string of the molecule is COC(CO[Si]C(C)C)OC. The van der Waals surface area contributed by atoms with E-state index in [0.717, 1.165) is 0 Å². The molecule has 2 radical (unpaired) electrons. The highest BCUT2D eigenvalue weighted by atomic mass is 28.2. The molecule has 0 rings (SSSR count). The van der Waals surface area contributed by atoms with Gasteiger partial charge in [0.25, 0.3) is 0 Å². The van der Waals surface area contributed by atoms with Crippen LogP contribution in [0, 0.1) is 0 Å². The van der Waals surface area contributed by atoms with Crippen LogP contribution in [0.1, 0.15) is 13.8 Å². The lowest BCUT2D eigenvalue weighted by molar-refractivity contribution is -0.122. The summed E-state index contributed by atoms with van der Waals surface area (Å²) < 4.78 is 15.2. The van der Waals surface area contributed by atoms with E-state index in [0.29, 0.717) is 21.9 Å². The minimum Gasteiger partial charge on any atom is -0.412 e. The Morgan fingerprint density at radius 1 is 1.18 bits per heavy atom.